The first-order valence-electron chi connectivity index (χ1n) is 6.88. The van der Waals surface area contributed by atoms with Crippen LogP contribution >= 0.6 is 15.9 Å². The summed E-state index contributed by atoms with van der Waals surface area (Å²) >= 11 is 3.58. The normalized spacial score (nSPS) is 13.5. The Labute approximate surface area is 123 Å². The molecule has 3 rings (SSSR count). The highest BCUT2D eigenvalue weighted by molar-refractivity contribution is 9.10. The Morgan fingerprint density at radius 2 is 1.79 bits per heavy atom. The molecule has 1 nitrogen and oxygen atoms in total. The van der Waals surface area contributed by atoms with Gasteiger partial charge in [-0.1, -0.05) is 52.3 Å². The summed E-state index contributed by atoms with van der Waals surface area (Å²) in [4.78, 5) is 0. The number of rotatable bonds is 4. The van der Waals surface area contributed by atoms with Crippen LogP contribution in [0.5, 0.6) is 0 Å². The highest BCUT2D eigenvalue weighted by atomic mass is 79.9. The van der Waals surface area contributed by atoms with Gasteiger partial charge >= 0.3 is 0 Å². The van der Waals surface area contributed by atoms with Gasteiger partial charge in [0.25, 0.3) is 0 Å². The Morgan fingerprint density at radius 1 is 0.947 bits per heavy atom. The van der Waals surface area contributed by atoms with E-state index in [0.29, 0.717) is 0 Å². The van der Waals surface area contributed by atoms with Crippen molar-refractivity contribution in [1.29, 1.82) is 0 Å². The number of halogens is 1. The topological polar surface area (TPSA) is 12.0 Å². The van der Waals surface area contributed by atoms with Crippen LogP contribution in [0.2, 0.25) is 0 Å². The molecule has 0 aromatic heterocycles. The van der Waals surface area contributed by atoms with Crippen molar-refractivity contribution in [2.45, 2.75) is 32.4 Å². The van der Waals surface area contributed by atoms with E-state index in [2.05, 4.69) is 57.6 Å². The molecule has 1 N–H and O–H groups in total. The summed E-state index contributed by atoms with van der Waals surface area (Å²) in [5.41, 5.74) is 5.81. The molecule has 0 radical (unpaired) electrons. The van der Waals surface area contributed by atoms with Gasteiger partial charge in [-0.25, -0.2) is 0 Å². The maximum atomic E-state index is 3.58. The van der Waals surface area contributed by atoms with E-state index < -0.39 is 0 Å². The predicted molar refractivity (Wildman–Crippen MR) is 83.2 cm³/mol. The van der Waals surface area contributed by atoms with Gasteiger partial charge in [0.2, 0.25) is 0 Å². The van der Waals surface area contributed by atoms with E-state index in [0.717, 1.165) is 13.1 Å². The second-order valence-electron chi connectivity index (χ2n) is 5.15. The number of aryl methyl sites for hydroxylation is 2. The Bertz CT molecular complexity index is 577. The first-order chi connectivity index (χ1) is 9.33. The highest BCUT2D eigenvalue weighted by Crippen LogP contribution is 2.23. The molecule has 0 amide bonds. The third-order valence-corrected chi connectivity index (χ3v) is 4.54. The van der Waals surface area contributed by atoms with Crippen LogP contribution in [0.25, 0.3) is 0 Å². The molecule has 0 aliphatic heterocycles. The molecule has 2 heteroatoms. The molecule has 2 aromatic rings. The minimum Gasteiger partial charge on any atom is -0.309 e. The lowest BCUT2D eigenvalue weighted by Gasteiger charge is -2.08. The number of nitrogens with one attached hydrogen (secondary N) is 1. The zero-order valence-corrected chi connectivity index (χ0v) is 12.5. The average Bonchev–Trinajstić information content (AvgIpc) is 2.88. The van der Waals surface area contributed by atoms with E-state index in [-0.39, 0.29) is 0 Å². The average molecular weight is 316 g/mol. The summed E-state index contributed by atoms with van der Waals surface area (Å²) in [6, 6.07) is 15.3. The van der Waals surface area contributed by atoms with E-state index in [4.69, 9.17) is 0 Å². The van der Waals surface area contributed by atoms with Gasteiger partial charge < -0.3 is 5.32 Å². The molecule has 2 aromatic carbocycles. The fourth-order valence-electron chi connectivity index (χ4n) is 2.72. The van der Waals surface area contributed by atoms with E-state index in [1.165, 1.54) is 34.9 Å². The number of fused-ring (bicyclic) bond motifs is 1. The van der Waals surface area contributed by atoms with Crippen molar-refractivity contribution in [2.24, 2.45) is 0 Å². The van der Waals surface area contributed by atoms with Crippen LogP contribution < -0.4 is 5.32 Å². The van der Waals surface area contributed by atoms with Gasteiger partial charge in [-0.3, -0.25) is 0 Å². The van der Waals surface area contributed by atoms with Gasteiger partial charge in [-0.05, 0) is 47.6 Å². The van der Waals surface area contributed by atoms with Crippen LogP contribution in [0.4, 0.5) is 0 Å². The molecule has 19 heavy (non-hydrogen) atoms. The van der Waals surface area contributed by atoms with E-state index in [1.54, 1.807) is 11.1 Å². The zero-order valence-electron chi connectivity index (χ0n) is 11.0. The highest BCUT2D eigenvalue weighted by Gasteiger charge is 2.10. The van der Waals surface area contributed by atoms with Gasteiger partial charge in [0.15, 0.2) is 0 Å². The van der Waals surface area contributed by atoms with Crippen molar-refractivity contribution in [3.05, 3.63) is 69.2 Å². The van der Waals surface area contributed by atoms with E-state index >= 15 is 0 Å². The van der Waals surface area contributed by atoms with Crippen molar-refractivity contribution in [1.82, 2.24) is 5.32 Å². The number of hydrogen-bond donors (Lipinski definition) is 1. The van der Waals surface area contributed by atoms with E-state index in [1.807, 2.05) is 6.07 Å². The molecule has 0 saturated heterocycles. The molecule has 0 spiro atoms. The molecule has 1 aliphatic rings. The number of benzene rings is 2. The van der Waals surface area contributed by atoms with Gasteiger partial charge in [0.1, 0.15) is 0 Å². The zero-order chi connectivity index (χ0) is 13.1. The largest absolute Gasteiger partial charge is 0.309 e. The summed E-state index contributed by atoms with van der Waals surface area (Å²) in [6.45, 7) is 1.84. The fourth-order valence-corrected chi connectivity index (χ4v) is 3.14. The van der Waals surface area contributed by atoms with E-state index in [9.17, 15) is 0 Å². The van der Waals surface area contributed by atoms with Crippen molar-refractivity contribution >= 4 is 15.9 Å². The third-order valence-electron chi connectivity index (χ3n) is 3.77. The quantitative estimate of drug-likeness (QED) is 0.890. The lowest BCUT2D eigenvalue weighted by atomic mass is 10.1. The lowest BCUT2D eigenvalue weighted by Crippen LogP contribution is -2.13. The molecular weight excluding hydrogens is 298 g/mol. The number of hydrogen-bond acceptors (Lipinski definition) is 1. The summed E-state index contributed by atoms with van der Waals surface area (Å²) in [5.74, 6) is 0. The van der Waals surface area contributed by atoms with Crippen LogP contribution in [0, 0.1) is 0 Å². The minimum absolute atomic E-state index is 0.901. The Hall–Kier alpha value is -1.12. The first-order valence-corrected chi connectivity index (χ1v) is 7.67. The van der Waals surface area contributed by atoms with Crippen LogP contribution in [-0.4, -0.2) is 0 Å². The predicted octanol–water partition coefficient (Wildman–Crippen LogP) is 4.23. The lowest BCUT2D eigenvalue weighted by molar-refractivity contribution is 0.691. The second kappa shape index (κ2) is 5.89. The molecule has 0 fully saturated rings. The summed E-state index contributed by atoms with van der Waals surface area (Å²) in [5, 5.41) is 3.52. The molecular formula is C17H18BrN. The smallest absolute Gasteiger partial charge is 0.0220 e. The fraction of sp³-hybridized carbons (Fsp3) is 0.294. The molecule has 0 heterocycles. The molecule has 98 valence electrons. The van der Waals surface area contributed by atoms with Gasteiger partial charge in [0, 0.05) is 17.6 Å². The van der Waals surface area contributed by atoms with Crippen LogP contribution in [0.3, 0.4) is 0 Å². The second-order valence-corrected chi connectivity index (χ2v) is 6.01. The van der Waals surface area contributed by atoms with Crippen LogP contribution in [0.15, 0.2) is 46.9 Å². The maximum absolute atomic E-state index is 3.58. The van der Waals surface area contributed by atoms with Crippen LogP contribution in [0.1, 0.15) is 28.7 Å². The van der Waals surface area contributed by atoms with Gasteiger partial charge in [0.05, 0.1) is 0 Å². The van der Waals surface area contributed by atoms with Gasteiger partial charge in [-0.15, -0.1) is 0 Å². The van der Waals surface area contributed by atoms with Crippen molar-refractivity contribution in [2.75, 3.05) is 0 Å². The van der Waals surface area contributed by atoms with Crippen molar-refractivity contribution in [3.8, 4) is 0 Å². The Kier molecular flexibility index (Phi) is 4.00. The summed E-state index contributed by atoms with van der Waals surface area (Å²) < 4.78 is 1.18. The SMILES string of the molecule is Brc1ccccc1CNCc1ccc2c(c1)CCC2. The van der Waals surface area contributed by atoms with Crippen molar-refractivity contribution in [3.63, 3.8) is 0 Å². The van der Waals surface area contributed by atoms with Gasteiger partial charge in [-0.2, -0.15) is 0 Å². The molecule has 0 atom stereocenters. The Morgan fingerprint density at radius 3 is 2.68 bits per heavy atom. The standard InChI is InChI=1S/C17H18BrN/c18-17-7-2-1-4-16(17)12-19-11-13-8-9-14-5-3-6-15(14)10-13/h1-2,4,7-10,19H,3,5-6,11-12H2. The molecule has 0 bridgehead atoms. The monoisotopic (exact) mass is 315 g/mol. The summed E-state index contributed by atoms with van der Waals surface area (Å²) in [7, 11) is 0. The maximum Gasteiger partial charge on any atom is 0.0220 e. The first kappa shape index (κ1) is 12.9. The third kappa shape index (κ3) is 3.07. The summed E-state index contributed by atoms with van der Waals surface area (Å²) in [6.07, 6.45) is 3.84. The molecule has 0 unspecified atom stereocenters. The minimum atomic E-state index is 0.901. The van der Waals surface area contributed by atoms with Crippen LogP contribution in [-0.2, 0) is 25.9 Å². The molecule has 1 aliphatic carbocycles. The molecule has 0 saturated carbocycles. The Balaban J connectivity index is 1.59. The van der Waals surface area contributed by atoms with Crippen molar-refractivity contribution < 1.29 is 0 Å².